The Labute approximate surface area is 145 Å². The van der Waals surface area contributed by atoms with Gasteiger partial charge in [0.15, 0.2) is 5.96 Å². The quantitative estimate of drug-likeness (QED) is 0.736. The molecule has 0 saturated heterocycles. The molecule has 0 radical (unpaired) electrons. The molecule has 3 rings (SSSR count). The van der Waals surface area contributed by atoms with E-state index < -0.39 is 11.7 Å². The topological polar surface area (TPSA) is 27.6 Å². The molecule has 0 atom stereocenters. The van der Waals surface area contributed by atoms with Crippen LogP contribution in [0.2, 0.25) is 0 Å². The van der Waals surface area contributed by atoms with Crippen LogP contribution in [0.4, 0.5) is 13.2 Å². The Morgan fingerprint density at radius 2 is 2.00 bits per heavy atom. The SMILES string of the molecule is CN1CCN=C1NC1CC(c2cccc(C(F)(F)F)c2)C1.I. The molecule has 0 unspecified atom stereocenters. The molecule has 0 amide bonds. The number of likely N-dealkylation sites (N-methyl/N-ethyl adjacent to an activating group) is 1. The van der Waals surface area contributed by atoms with Crippen LogP contribution in [0.1, 0.15) is 29.9 Å². The van der Waals surface area contributed by atoms with Crippen molar-refractivity contribution in [3.8, 4) is 0 Å². The van der Waals surface area contributed by atoms with E-state index in [0.29, 0.717) is 6.04 Å². The summed E-state index contributed by atoms with van der Waals surface area (Å²) in [6.45, 7) is 1.73. The van der Waals surface area contributed by atoms with Crippen LogP contribution in [0.15, 0.2) is 29.3 Å². The maximum Gasteiger partial charge on any atom is 0.416 e. The van der Waals surface area contributed by atoms with Crippen LogP contribution in [-0.4, -0.2) is 37.0 Å². The molecule has 1 aromatic rings. The molecular formula is C15H19F3IN3. The third-order valence-electron chi connectivity index (χ3n) is 4.22. The second kappa shape index (κ2) is 6.64. The van der Waals surface area contributed by atoms with Gasteiger partial charge in [-0.05, 0) is 30.4 Å². The second-order valence-electron chi connectivity index (χ2n) is 5.76. The molecule has 0 aromatic heterocycles. The molecule has 1 aromatic carbocycles. The highest BCUT2D eigenvalue weighted by molar-refractivity contribution is 14.0. The average molecular weight is 425 g/mol. The Balaban J connectivity index is 0.00000176. The highest BCUT2D eigenvalue weighted by Gasteiger charge is 2.35. The van der Waals surface area contributed by atoms with Gasteiger partial charge in [-0.3, -0.25) is 4.99 Å². The molecule has 1 aliphatic carbocycles. The number of aliphatic imine (C=N–C) groups is 1. The van der Waals surface area contributed by atoms with Crippen molar-refractivity contribution < 1.29 is 13.2 Å². The van der Waals surface area contributed by atoms with Crippen molar-refractivity contribution in [1.29, 1.82) is 0 Å². The lowest BCUT2D eigenvalue weighted by molar-refractivity contribution is -0.137. The van der Waals surface area contributed by atoms with Crippen molar-refractivity contribution in [2.24, 2.45) is 4.99 Å². The molecular weight excluding hydrogens is 406 g/mol. The van der Waals surface area contributed by atoms with Crippen LogP contribution in [-0.2, 0) is 6.18 Å². The summed E-state index contributed by atoms with van der Waals surface area (Å²) in [5.41, 5.74) is 0.223. The van der Waals surface area contributed by atoms with Crippen LogP contribution < -0.4 is 5.32 Å². The van der Waals surface area contributed by atoms with Gasteiger partial charge in [0.1, 0.15) is 0 Å². The summed E-state index contributed by atoms with van der Waals surface area (Å²) >= 11 is 0. The van der Waals surface area contributed by atoms with E-state index in [1.165, 1.54) is 12.1 Å². The molecule has 7 heteroatoms. The number of alkyl halides is 3. The van der Waals surface area contributed by atoms with Gasteiger partial charge in [0.2, 0.25) is 0 Å². The Hall–Kier alpha value is -0.990. The van der Waals surface area contributed by atoms with E-state index in [1.807, 2.05) is 7.05 Å². The molecule has 1 aliphatic heterocycles. The van der Waals surface area contributed by atoms with Crippen molar-refractivity contribution in [3.05, 3.63) is 35.4 Å². The predicted octanol–water partition coefficient (Wildman–Crippen LogP) is 3.46. The lowest BCUT2D eigenvalue weighted by atomic mass is 9.75. The maximum atomic E-state index is 12.7. The van der Waals surface area contributed by atoms with Gasteiger partial charge in [-0.1, -0.05) is 18.2 Å². The summed E-state index contributed by atoms with van der Waals surface area (Å²) in [6.07, 6.45) is -2.55. The zero-order valence-corrected chi connectivity index (χ0v) is 14.6. The van der Waals surface area contributed by atoms with Crippen LogP contribution in [0.5, 0.6) is 0 Å². The number of hydrogen-bond acceptors (Lipinski definition) is 3. The minimum absolute atomic E-state index is 0. The largest absolute Gasteiger partial charge is 0.416 e. The first-order valence-corrected chi connectivity index (χ1v) is 7.13. The first kappa shape index (κ1) is 17.4. The Bertz CT molecular complexity index is 553. The number of benzene rings is 1. The van der Waals surface area contributed by atoms with Gasteiger partial charge in [-0.2, -0.15) is 13.2 Å². The van der Waals surface area contributed by atoms with Gasteiger partial charge in [0, 0.05) is 19.6 Å². The Morgan fingerprint density at radius 1 is 1.27 bits per heavy atom. The van der Waals surface area contributed by atoms with E-state index in [9.17, 15) is 13.2 Å². The monoisotopic (exact) mass is 425 g/mol. The van der Waals surface area contributed by atoms with E-state index in [2.05, 4.69) is 15.2 Å². The van der Waals surface area contributed by atoms with Gasteiger partial charge in [0.25, 0.3) is 0 Å². The second-order valence-corrected chi connectivity index (χ2v) is 5.76. The van der Waals surface area contributed by atoms with Gasteiger partial charge >= 0.3 is 6.18 Å². The molecule has 2 aliphatic rings. The Kier molecular flexibility index (Phi) is 5.24. The molecule has 1 heterocycles. The van der Waals surface area contributed by atoms with Gasteiger partial charge in [-0.15, -0.1) is 24.0 Å². The van der Waals surface area contributed by atoms with Gasteiger partial charge in [0.05, 0.1) is 12.1 Å². The van der Waals surface area contributed by atoms with E-state index >= 15 is 0 Å². The third-order valence-corrected chi connectivity index (χ3v) is 4.22. The van der Waals surface area contributed by atoms with Crippen LogP contribution in [0.3, 0.4) is 0 Å². The molecule has 1 saturated carbocycles. The lowest BCUT2D eigenvalue weighted by Gasteiger charge is -2.37. The van der Waals surface area contributed by atoms with E-state index in [-0.39, 0.29) is 29.9 Å². The standard InChI is InChI=1S/C15H18F3N3.HI/c1-21-6-5-19-14(21)20-13-8-11(9-13)10-3-2-4-12(7-10)15(16,17)18;/h2-4,7,11,13H,5-6,8-9H2,1H3,(H,19,20);1H. The third kappa shape index (κ3) is 3.67. The predicted molar refractivity (Wildman–Crippen MR) is 90.7 cm³/mol. The first-order valence-electron chi connectivity index (χ1n) is 7.13. The molecule has 1 fully saturated rings. The summed E-state index contributed by atoms with van der Waals surface area (Å²) in [4.78, 5) is 6.43. The van der Waals surface area contributed by atoms with Crippen molar-refractivity contribution in [2.45, 2.75) is 31.0 Å². The summed E-state index contributed by atoms with van der Waals surface area (Å²) in [6, 6.07) is 5.99. The van der Waals surface area contributed by atoms with Gasteiger partial charge in [-0.25, -0.2) is 0 Å². The van der Waals surface area contributed by atoms with Crippen LogP contribution >= 0.6 is 24.0 Å². The molecule has 122 valence electrons. The zero-order chi connectivity index (χ0) is 15.0. The summed E-state index contributed by atoms with van der Waals surface area (Å²) in [5, 5.41) is 3.36. The fourth-order valence-corrected chi connectivity index (χ4v) is 2.85. The van der Waals surface area contributed by atoms with E-state index in [4.69, 9.17) is 0 Å². The fourth-order valence-electron chi connectivity index (χ4n) is 2.85. The normalized spacial score (nSPS) is 24.4. The number of guanidine groups is 1. The minimum Gasteiger partial charge on any atom is -0.353 e. The number of hydrogen-bond donors (Lipinski definition) is 1. The smallest absolute Gasteiger partial charge is 0.353 e. The molecule has 0 bridgehead atoms. The van der Waals surface area contributed by atoms with Crippen molar-refractivity contribution in [2.75, 3.05) is 20.1 Å². The summed E-state index contributed by atoms with van der Waals surface area (Å²) < 4.78 is 38.1. The fraction of sp³-hybridized carbons (Fsp3) is 0.533. The van der Waals surface area contributed by atoms with E-state index in [0.717, 1.165) is 43.5 Å². The highest BCUT2D eigenvalue weighted by atomic mass is 127. The van der Waals surface area contributed by atoms with Crippen LogP contribution in [0, 0.1) is 0 Å². The molecule has 3 nitrogen and oxygen atoms in total. The van der Waals surface area contributed by atoms with Gasteiger partial charge < -0.3 is 10.2 Å². The lowest BCUT2D eigenvalue weighted by Crippen LogP contribution is -2.47. The average Bonchev–Trinajstić information content (AvgIpc) is 2.78. The van der Waals surface area contributed by atoms with E-state index in [1.54, 1.807) is 6.07 Å². The molecule has 1 N–H and O–H groups in total. The number of nitrogens with one attached hydrogen (secondary N) is 1. The van der Waals surface area contributed by atoms with Crippen molar-refractivity contribution in [3.63, 3.8) is 0 Å². The number of nitrogens with zero attached hydrogens (tertiary/aromatic N) is 2. The highest BCUT2D eigenvalue weighted by Crippen LogP contribution is 2.39. The molecule has 0 spiro atoms. The van der Waals surface area contributed by atoms with Crippen LogP contribution in [0.25, 0.3) is 0 Å². The zero-order valence-electron chi connectivity index (χ0n) is 12.2. The van der Waals surface area contributed by atoms with Crippen molar-refractivity contribution >= 4 is 29.9 Å². The number of halogens is 4. The minimum atomic E-state index is -4.27. The number of rotatable bonds is 2. The summed E-state index contributed by atoms with van der Waals surface area (Å²) in [5.74, 6) is 1.11. The van der Waals surface area contributed by atoms with Crippen molar-refractivity contribution in [1.82, 2.24) is 10.2 Å². The first-order chi connectivity index (χ1) is 9.93. The maximum absolute atomic E-state index is 12.7. The molecule has 22 heavy (non-hydrogen) atoms. The summed E-state index contributed by atoms with van der Waals surface area (Å²) in [7, 11) is 1.99. The Morgan fingerprint density at radius 3 is 2.59 bits per heavy atom.